The smallest absolute Gasteiger partial charge is 0.407 e. The van der Waals surface area contributed by atoms with Gasteiger partial charge in [-0.25, -0.2) is 9.78 Å². The maximum absolute atomic E-state index is 12.0. The van der Waals surface area contributed by atoms with E-state index in [1.165, 1.54) is 0 Å². The number of ether oxygens (including phenoxy) is 2. The van der Waals surface area contributed by atoms with Gasteiger partial charge in [-0.3, -0.25) is 9.78 Å². The molecule has 10 heteroatoms. The standard InChI is InChI=1S/C25H31N5O4S/c1-25(2,3)34-24(32)29-16-7-5-15(6-8-16)28-23-30-19-10-9-17(14-21(19)35-23)33-18-11-12-27-20(13-18)22(31)26-4/h9-16H,5-8H2,1-4H3,(H,26,31)(H,28,30)(H,29,32). The second kappa shape index (κ2) is 10.5. The van der Waals surface area contributed by atoms with E-state index in [9.17, 15) is 9.59 Å². The number of alkyl carbamates (subject to hydrolysis) is 1. The van der Waals surface area contributed by atoms with Crippen LogP contribution >= 0.6 is 11.3 Å². The van der Waals surface area contributed by atoms with Crippen LogP contribution in [-0.4, -0.2) is 46.7 Å². The van der Waals surface area contributed by atoms with Gasteiger partial charge in [0.25, 0.3) is 5.91 Å². The van der Waals surface area contributed by atoms with Crippen molar-refractivity contribution in [2.45, 2.75) is 64.1 Å². The number of amides is 2. The van der Waals surface area contributed by atoms with Crippen LogP contribution in [0.4, 0.5) is 9.93 Å². The van der Waals surface area contributed by atoms with Gasteiger partial charge < -0.3 is 25.4 Å². The minimum Gasteiger partial charge on any atom is -0.457 e. The first-order chi connectivity index (χ1) is 16.7. The summed E-state index contributed by atoms with van der Waals surface area (Å²) in [5.41, 5.74) is 0.699. The lowest BCUT2D eigenvalue weighted by molar-refractivity contribution is 0.0492. The highest BCUT2D eigenvalue weighted by Gasteiger charge is 2.25. The maximum atomic E-state index is 12.0. The molecule has 0 unspecified atom stereocenters. The Balaban J connectivity index is 1.33. The average Bonchev–Trinajstić information content (AvgIpc) is 3.20. The lowest BCUT2D eigenvalue weighted by atomic mass is 9.91. The highest BCUT2D eigenvalue weighted by molar-refractivity contribution is 7.22. The van der Waals surface area contributed by atoms with Gasteiger partial charge in [0.15, 0.2) is 5.13 Å². The summed E-state index contributed by atoms with van der Waals surface area (Å²) in [5.74, 6) is 0.937. The van der Waals surface area contributed by atoms with Gasteiger partial charge in [0, 0.05) is 37.5 Å². The number of hydrogen-bond donors (Lipinski definition) is 3. The fraction of sp³-hybridized carbons (Fsp3) is 0.440. The van der Waals surface area contributed by atoms with E-state index in [1.54, 1.807) is 36.7 Å². The minimum absolute atomic E-state index is 0.134. The van der Waals surface area contributed by atoms with Crippen LogP contribution in [0.3, 0.4) is 0 Å². The number of carbonyl (C=O) groups is 2. The third-order valence-electron chi connectivity index (χ3n) is 5.56. The van der Waals surface area contributed by atoms with Gasteiger partial charge in [0.2, 0.25) is 0 Å². The Bertz CT molecular complexity index is 1200. The lowest BCUT2D eigenvalue weighted by Gasteiger charge is -2.30. The van der Waals surface area contributed by atoms with Crippen LogP contribution in [0.2, 0.25) is 0 Å². The number of thiazole rings is 1. The summed E-state index contributed by atoms with van der Waals surface area (Å²) in [7, 11) is 1.56. The van der Waals surface area contributed by atoms with Crippen LogP contribution in [0.5, 0.6) is 11.5 Å². The molecule has 2 heterocycles. The summed E-state index contributed by atoms with van der Waals surface area (Å²) in [6.45, 7) is 5.59. The van der Waals surface area contributed by atoms with Crippen molar-refractivity contribution in [3.63, 3.8) is 0 Å². The fourth-order valence-electron chi connectivity index (χ4n) is 3.92. The van der Waals surface area contributed by atoms with Gasteiger partial charge in [0.1, 0.15) is 22.8 Å². The van der Waals surface area contributed by atoms with E-state index in [0.717, 1.165) is 41.0 Å². The number of nitrogens with one attached hydrogen (secondary N) is 3. The predicted molar refractivity (Wildman–Crippen MR) is 136 cm³/mol. The van der Waals surface area contributed by atoms with Gasteiger partial charge in [-0.1, -0.05) is 11.3 Å². The molecule has 3 N–H and O–H groups in total. The minimum atomic E-state index is -0.493. The predicted octanol–water partition coefficient (Wildman–Crippen LogP) is 5.09. The molecule has 0 radical (unpaired) electrons. The maximum Gasteiger partial charge on any atom is 0.407 e. The largest absolute Gasteiger partial charge is 0.457 e. The average molecular weight is 498 g/mol. The van der Waals surface area contributed by atoms with Gasteiger partial charge in [-0.05, 0) is 64.7 Å². The number of fused-ring (bicyclic) bond motifs is 1. The van der Waals surface area contributed by atoms with Crippen molar-refractivity contribution in [3.05, 3.63) is 42.2 Å². The molecule has 0 atom stereocenters. The molecule has 1 aromatic carbocycles. The molecule has 2 aromatic heterocycles. The van der Waals surface area contributed by atoms with Gasteiger partial charge >= 0.3 is 6.09 Å². The molecule has 3 aromatic rings. The Morgan fingerprint density at radius 3 is 2.46 bits per heavy atom. The second-order valence-corrected chi connectivity index (χ2v) is 10.6. The first kappa shape index (κ1) is 24.7. The zero-order valence-electron chi connectivity index (χ0n) is 20.4. The number of anilines is 1. The molecule has 1 aliphatic carbocycles. The molecule has 0 bridgehead atoms. The molecular weight excluding hydrogens is 466 g/mol. The Morgan fingerprint density at radius 1 is 1.03 bits per heavy atom. The molecule has 186 valence electrons. The SMILES string of the molecule is CNC(=O)c1cc(Oc2ccc3nc(NC4CCC(NC(=O)OC(C)(C)C)CC4)sc3c2)ccn1. The number of pyridine rings is 1. The first-order valence-corrected chi connectivity index (χ1v) is 12.5. The second-order valence-electron chi connectivity index (χ2n) is 9.55. The van der Waals surface area contributed by atoms with Crippen molar-refractivity contribution in [3.8, 4) is 11.5 Å². The first-order valence-electron chi connectivity index (χ1n) is 11.7. The van der Waals surface area contributed by atoms with Crippen LogP contribution in [0.25, 0.3) is 10.2 Å². The van der Waals surface area contributed by atoms with Gasteiger partial charge in [-0.2, -0.15) is 0 Å². The zero-order chi connectivity index (χ0) is 25.0. The topological polar surface area (TPSA) is 114 Å². The van der Waals surface area contributed by atoms with Crippen molar-refractivity contribution < 1.29 is 19.1 Å². The molecule has 35 heavy (non-hydrogen) atoms. The van der Waals surface area contributed by atoms with E-state index in [2.05, 4.69) is 20.9 Å². The van der Waals surface area contributed by atoms with Crippen molar-refractivity contribution >= 4 is 38.7 Å². The molecule has 4 rings (SSSR count). The third-order valence-corrected chi connectivity index (χ3v) is 6.51. The summed E-state index contributed by atoms with van der Waals surface area (Å²) < 4.78 is 12.3. The molecule has 1 aliphatic rings. The molecular formula is C25H31N5O4S. The highest BCUT2D eigenvalue weighted by Crippen LogP contribution is 2.33. The van der Waals surface area contributed by atoms with E-state index in [1.807, 2.05) is 39.0 Å². The van der Waals surface area contributed by atoms with Gasteiger partial charge in [0.05, 0.1) is 10.2 Å². The zero-order valence-corrected chi connectivity index (χ0v) is 21.2. The van der Waals surface area contributed by atoms with Crippen molar-refractivity contribution in [1.82, 2.24) is 20.6 Å². The summed E-state index contributed by atoms with van der Waals surface area (Å²) in [5, 5.41) is 9.95. The summed E-state index contributed by atoms with van der Waals surface area (Å²) in [4.78, 5) is 32.6. The molecule has 0 aliphatic heterocycles. The molecule has 9 nitrogen and oxygen atoms in total. The summed E-state index contributed by atoms with van der Waals surface area (Å²) >= 11 is 1.58. The number of benzene rings is 1. The Kier molecular flexibility index (Phi) is 7.39. The number of rotatable bonds is 6. The van der Waals surface area contributed by atoms with E-state index in [-0.39, 0.29) is 18.0 Å². The molecule has 2 amide bonds. The van der Waals surface area contributed by atoms with Crippen molar-refractivity contribution in [1.29, 1.82) is 0 Å². The number of aromatic nitrogens is 2. The quantitative estimate of drug-likeness (QED) is 0.434. The number of carbonyl (C=O) groups excluding carboxylic acids is 2. The van der Waals surface area contributed by atoms with E-state index < -0.39 is 5.60 Å². The van der Waals surface area contributed by atoms with Crippen LogP contribution in [-0.2, 0) is 4.74 Å². The van der Waals surface area contributed by atoms with Crippen LogP contribution < -0.4 is 20.7 Å². The molecule has 0 saturated heterocycles. The third kappa shape index (κ3) is 6.82. The van der Waals surface area contributed by atoms with Crippen LogP contribution in [0, 0.1) is 0 Å². The van der Waals surface area contributed by atoms with E-state index >= 15 is 0 Å². The Labute approximate surface area is 208 Å². The summed E-state index contributed by atoms with van der Waals surface area (Å²) in [6.07, 6.45) is 4.87. The molecule has 1 fully saturated rings. The van der Waals surface area contributed by atoms with E-state index in [0.29, 0.717) is 23.2 Å². The van der Waals surface area contributed by atoms with Crippen molar-refractivity contribution in [2.24, 2.45) is 0 Å². The Morgan fingerprint density at radius 2 is 1.74 bits per heavy atom. The molecule has 1 saturated carbocycles. The van der Waals surface area contributed by atoms with Crippen LogP contribution in [0.1, 0.15) is 56.9 Å². The normalized spacial score (nSPS) is 18.1. The lowest BCUT2D eigenvalue weighted by Crippen LogP contribution is -2.42. The van der Waals surface area contributed by atoms with E-state index in [4.69, 9.17) is 14.5 Å². The molecule has 0 spiro atoms. The highest BCUT2D eigenvalue weighted by atomic mass is 32.1. The van der Waals surface area contributed by atoms with Gasteiger partial charge in [-0.15, -0.1) is 0 Å². The van der Waals surface area contributed by atoms with Crippen LogP contribution in [0.15, 0.2) is 36.5 Å². The summed E-state index contributed by atoms with van der Waals surface area (Å²) in [6, 6.07) is 9.49. The monoisotopic (exact) mass is 497 g/mol. The van der Waals surface area contributed by atoms with Crippen molar-refractivity contribution in [2.75, 3.05) is 12.4 Å². The Hall–Kier alpha value is -3.40. The fourth-order valence-corrected chi connectivity index (χ4v) is 4.90. The number of hydrogen-bond acceptors (Lipinski definition) is 8. The number of nitrogens with zero attached hydrogens (tertiary/aromatic N) is 2.